The number of nitrogens with zero attached hydrogens (tertiary/aromatic N) is 2. The van der Waals surface area contributed by atoms with Gasteiger partial charge in [-0.15, -0.1) is 0 Å². The zero-order valence-corrected chi connectivity index (χ0v) is 19.8. The van der Waals surface area contributed by atoms with E-state index in [1.54, 1.807) is 24.3 Å². The molecule has 1 aromatic rings. The molecule has 2 heterocycles. The molecule has 7 nitrogen and oxygen atoms in total. The molecular formula is C24H35N3O4S. The Morgan fingerprint density at radius 1 is 0.906 bits per heavy atom. The lowest BCUT2D eigenvalue weighted by molar-refractivity contribution is -0.141. The highest BCUT2D eigenvalue weighted by molar-refractivity contribution is 7.89. The monoisotopic (exact) mass is 461 g/mol. The van der Waals surface area contributed by atoms with Gasteiger partial charge in [0.15, 0.2) is 0 Å². The molecule has 3 fully saturated rings. The van der Waals surface area contributed by atoms with Crippen molar-refractivity contribution in [1.29, 1.82) is 0 Å². The smallest absolute Gasteiger partial charge is 0.240 e. The van der Waals surface area contributed by atoms with E-state index in [4.69, 9.17) is 0 Å². The van der Waals surface area contributed by atoms with Crippen LogP contribution in [-0.4, -0.2) is 62.3 Å². The number of aryl methyl sites for hydroxylation is 1. The molecule has 0 unspecified atom stereocenters. The molecule has 0 aromatic heterocycles. The lowest BCUT2D eigenvalue weighted by atomic mass is 9.92. The van der Waals surface area contributed by atoms with Gasteiger partial charge in [-0.3, -0.25) is 9.59 Å². The highest BCUT2D eigenvalue weighted by atomic mass is 32.2. The number of carbonyl (C=O) groups excluding carboxylic acids is 2. The maximum absolute atomic E-state index is 12.8. The van der Waals surface area contributed by atoms with Crippen molar-refractivity contribution in [2.24, 2.45) is 11.8 Å². The van der Waals surface area contributed by atoms with Crippen LogP contribution in [0.15, 0.2) is 29.2 Å². The molecule has 176 valence electrons. The number of rotatable bonds is 7. The highest BCUT2D eigenvalue weighted by Gasteiger charge is 2.31. The molecule has 8 heteroatoms. The normalized spacial score (nSPS) is 21.0. The van der Waals surface area contributed by atoms with Gasteiger partial charge in [0.05, 0.1) is 4.90 Å². The van der Waals surface area contributed by atoms with Gasteiger partial charge in [0.2, 0.25) is 21.8 Å². The van der Waals surface area contributed by atoms with Crippen LogP contribution in [0.4, 0.5) is 0 Å². The molecule has 1 N–H and O–H groups in total. The number of sulfonamides is 1. The van der Waals surface area contributed by atoms with E-state index in [2.05, 4.69) is 11.6 Å². The predicted octanol–water partition coefficient (Wildman–Crippen LogP) is 2.56. The van der Waals surface area contributed by atoms with Crippen molar-refractivity contribution in [2.75, 3.05) is 26.2 Å². The minimum Gasteiger partial charge on any atom is -0.343 e. The summed E-state index contributed by atoms with van der Waals surface area (Å²) >= 11 is 0. The van der Waals surface area contributed by atoms with Gasteiger partial charge in [0, 0.05) is 44.6 Å². The summed E-state index contributed by atoms with van der Waals surface area (Å²) in [5.74, 6) is 1.13. The molecule has 0 atom stereocenters. The fourth-order valence-electron chi connectivity index (χ4n) is 4.60. The second-order valence-electron chi connectivity index (χ2n) is 9.70. The fourth-order valence-corrected chi connectivity index (χ4v) is 5.90. The summed E-state index contributed by atoms with van der Waals surface area (Å²) in [6, 6.07) is 6.89. The van der Waals surface area contributed by atoms with E-state index in [1.807, 2.05) is 9.80 Å². The minimum atomic E-state index is -3.44. The number of hydrogen-bond donors (Lipinski definition) is 1. The second-order valence-corrected chi connectivity index (χ2v) is 11.4. The van der Waals surface area contributed by atoms with Crippen LogP contribution >= 0.6 is 0 Å². The van der Waals surface area contributed by atoms with Crippen LogP contribution in [0.2, 0.25) is 0 Å². The van der Waals surface area contributed by atoms with Gasteiger partial charge >= 0.3 is 0 Å². The van der Waals surface area contributed by atoms with Crippen LogP contribution in [0.5, 0.6) is 0 Å². The predicted molar refractivity (Wildman–Crippen MR) is 122 cm³/mol. The molecule has 2 aliphatic heterocycles. The number of hydrogen-bond acceptors (Lipinski definition) is 4. The molecule has 1 aliphatic carbocycles. The quantitative estimate of drug-likeness (QED) is 0.676. The summed E-state index contributed by atoms with van der Waals surface area (Å²) in [6.45, 7) is 5.27. The molecule has 0 bridgehead atoms. The van der Waals surface area contributed by atoms with Crippen molar-refractivity contribution in [3.05, 3.63) is 29.8 Å². The molecule has 0 radical (unpaired) electrons. The Bertz CT molecular complexity index is 911. The Morgan fingerprint density at radius 2 is 1.50 bits per heavy atom. The van der Waals surface area contributed by atoms with E-state index < -0.39 is 10.0 Å². The van der Waals surface area contributed by atoms with Crippen LogP contribution in [0.25, 0.3) is 0 Å². The first-order valence-corrected chi connectivity index (χ1v) is 13.5. The van der Waals surface area contributed by atoms with Crippen LogP contribution in [0.3, 0.4) is 0 Å². The Kier molecular flexibility index (Phi) is 7.20. The van der Waals surface area contributed by atoms with Gasteiger partial charge < -0.3 is 9.80 Å². The van der Waals surface area contributed by atoms with Crippen molar-refractivity contribution in [2.45, 2.75) is 69.2 Å². The molecule has 4 rings (SSSR count). The SMILES string of the molecule is CC1CCN(C(=O)C2CCN(C(=O)CCc3ccc(S(=O)(=O)NC4CC4)cc3)CC2)CC1. The fraction of sp³-hybridized carbons (Fsp3) is 0.667. The van der Waals surface area contributed by atoms with Crippen LogP contribution < -0.4 is 4.72 Å². The van der Waals surface area contributed by atoms with Gasteiger partial charge in [-0.25, -0.2) is 13.1 Å². The minimum absolute atomic E-state index is 0.0474. The van der Waals surface area contributed by atoms with Crippen molar-refractivity contribution in [1.82, 2.24) is 14.5 Å². The van der Waals surface area contributed by atoms with E-state index in [1.165, 1.54) is 0 Å². The zero-order valence-electron chi connectivity index (χ0n) is 19.0. The van der Waals surface area contributed by atoms with Crippen LogP contribution in [0, 0.1) is 11.8 Å². The number of amides is 2. The number of carbonyl (C=O) groups is 2. The first-order chi connectivity index (χ1) is 15.3. The van der Waals surface area contributed by atoms with Crippen molar-refractivity contribution in [3.63, 3.8) is 0 Å². The molecular weight excluding hydrogens is 426 g/mol. The van der Waals surface area contributed by atoms with Gasteiger partial charge in [-0.2, -0.15) is 0 Å². The molecule has 2 amide bonds. The van der Waals surface area contributed by atoms with E-state index >= 15 is 0 Å². The third-order valence-electron chi connectivity index (χ3n) is 7.05. The third kappa shape index (κ3) is 5.90. The zero-order chi connectivity index (χ0) is 22.7. The summed E-state index contributed by atoms with van der Waals surface area (Å²) < 4.78 is 27.2. The van der Waals surface area contributed by atoms with Gasteiger partial charge in [0.25, 0.3) is 0 Å². The summed E-state index contributed by atoms with van der Waals surface area (Å²) in [5.41, 5.74) is 0.952. The molecule has 1 saturated carbocycles. The summed E-state index contributed by atoms with van der Waals surface area (Å²) in [6.07, 6.45) is 6.47. The van der Waals surface area contributed by atoms with Gasteiger partial charge in [-0.05, 0) is 68.6 Å². The molecule has 2 saturated heterocycles. The standard InChI is InChI=1S/C24H35N3O4S/c1-18-10-14-27(15-11-18)24(29)20-12-16-26(17-13-20)23(28)9-4-19-2-7-22(8-3-19)32(30,31)25-21-5-6-21/h2-3,7-8,18,20-21,25H,4-6,9-17H2,1H3. The molecule has 1 aromatic carbocycles. The van der Waals surface area contributed by atoms with Crippen molar-refractivity contribution >= 4 is 21.8 Å². The largest absolute Gasteiger partial charge is 0.343 e. The topological polar surface area (TPSA) is 86.8 Å². The van der Waals surface area contributed by atoms with E-state index in [0.717, 1.165) is 57.2 Å². The first kappa shape index (κ1) is 23.2. The molecule has 0 spiro atoms. The van der Waals surface area contributed by atoms with Crippen LogP contribution in [0.1, 0.15) is 57.4 Å². The average Bonchev–Trinajstić information content (AvgIpc) is 3.61. The summed E-state index contributed by atoms with van der Waals surface area (Å²) in [7, 11) is -3.44. The third-order valence-corrected chi connectivity index (χ3v) is 8.59. The van der Waals surface area contributed by atoms with Gasteiger partial charge in [-0.1, -0.05) is 19.1 Å². The van der Waals surface area contributed by atoms with Crippen LogP contribution in [-0.2, 0) is 26.0 Å². The lowest BCUT2D eigenvalue weighted by Gasteiger charge is -2.36. The Labute approximate surface area is 191 Å². The summed E-state index contributed by atoms with van der Waals surface area (Å²) in [5, 5.41) is 0. The van der Waals surface area contributed by atoms with E-state index in [0.29, 0.717) is 31.8 Å². The number of benzene rings is 1. The average molecular weight is 462 g/mol. The highest BCUT2D eigenvalue weighted by Crippen LogP contribution is 2.25. The Morgan fingerprint density at radius 3 is 2.09 bits per heavy atom. The Balaban J connectivity index is 1.21. The number of nitrogens with one attached hydrogen (secondary N) is 1. The molecule has 32 heavy (non-hydrogen) atoms. The number of piperidine rings is 2. The van der Waals surface area contributed by atoms with E-state index in [-0.39, 0.29) is 28.7 Å². The van der Waals surface area contributed by atoms with Gasteiger partial charge in [0.1, 0.15) is 0 Å². The first-order valence-electron chi connectivity index (χ1n) is 12.0. The molecule has 3 aliphatic rings. The Hall–Kier alpha value is -1.93. The van der Waals surface area contributed by atoms with Crippen molar-refractivity contribution in [3.8, 4) is 0 Å². The van der Waals surface area contributed by atoms with E-state index in [9.17, 15) is 18.0 Å². The van der Waals surface area contributed by atoms with Crippen molar-refractivity contribution < 1.29 is 18.0 Å². The second kappa shape index (κ2) is 9.91. The summed E-state index contributed by atoms with van der Waals surface area (Å²) in [4.78, 5) is 29.6. The maximum Gasteiger partial charge on any atom is 0.240 e. The number of likely N-dealkylation sites (tertiary alicyclic amines) is 2. The lowest BCUT2D eigenvalue weighted by Crippen LogP contribution is -2.46. The maximum atomic E-state index is 12.8.